The average molecular weight is 320 g/mol. The first-order valence-corrected chi connectivity index (χ1v) is 8.30. The van der Waals surface area contributed by atoms with Gasteiger partial charge in [0.1, 0.15) is 5.82 Å². The minimum absolute atomic E-state index is 0.0488. The highest BCUT2D eigenvalue weighted by atomic mass is 32.1. The van der Waals surface area contributed by atoms with Gasteiger partial charge in [-0.25, -0.2) is 9.97 Å². The number of aryl methyl sites for hydroxylation is 2. The van der Waals surface area contributed by atoms with E-state index in [0.717, 1.165) is 43.3 Å². The van der Waals surface area contributed by atoms with Crippen molar-refractivity contribution >= 4 is 22.5 Å². The molecular weight excluding hydrogens is 300 g/mol. The largest absolute Gasteiger partial charge is 0.356 e. The van der Waals surface area contributed by atoms with Gasteiger partial charge in [-0.1, -0.05) is 6.92 Å². The topological polar surface area (TPSA) is 75.9 Å². The fraction of sp³-hybridized carbons (Fsp3) is 0.571. The Morgan fingerprint density at radius 3 is 3.14 bits per heavy atom. The molecule has 7 nitrogen and oxygen atoms in total. The van der Waals surface area contributed by atoms with Crippen molar-refractivity contribution in [3.8, 4) is 0 Å². The molecule has 118 valence electrons. The summed E-state index contributed by atoms with van der Waals surface area (Å²) in [5.74, 6) is 1.40. The molecule has 1 saturated heterocycles. The summed E-state index contributed by atoms with van der Waals surface area (Å²) in [5.41, 5.74) is -0.0488. The molecule has 8 heteroatoms. The quantitative estimate of drug-likeness (QED) is 0.914. The van der Waals surface area contributed by atoms with Crippen LogP contribution in [0.25, 0.3) is 0 Å². The summed E-state index contributed by atoms with van der Waals surface area (Å²) in [5, 5.41) is 4.29. The van der Waals surface area contributed by atoms with Gasteiger partial charge < -0.3 is 14.8 Å². The van der Waals surface area contributed by atoms with E-state index in [1.165, 1.54) is 11.5 Å². The van der Waals surface area contributed by atoms with E-state index in [-0.39, 0.29) is 11.6 Å². The lowest BCUT2D eigenvalue weighted by Crippen LogP contribution is -2.45. The molecule has 0 aliphatic carbocycles. The van der Waals surface area contributed by atoms with Gasteiger partial charge in [-0.3, -0.25) is 4.79 Å². The fourth-order valence-electron chi connectivity index (χ4n) is 2.62. The van der Waals surface area contributed by atoms with Crippen LogP contribution >= 0.6 is 11.5 Å². The number of nitrogens with one attached hydrogen (secondary N) is 1. The molecule has 0 aromatic carbocycles. The Morgan fingerprint density at radius 2 is 2.36 bits per heavy atom. The maximum atomic E-state index is 12.2. The molecule has 3 heterocycles. The Balaban J connectivity index is 1.71. The number of rotatable bonds is 4. The summed E-state index contributed by atoms with van der Waals surface area (Å²) < 4.78 is 5.86. The van der Waals surface area contributed by atoms with Gasteiger partial charge in [0.2, 0.25) is 5.13 Å². The predicted molar refractivity (Wildman–Crippen MR) is 87.6 cm³/mol. The molecule has 2 aromatic heterocycles. The second kappa shape index (κ2) is 6.43. The third-order valence-electron chi connectivity index (χ3n) is 3.83. The van der Waals surface area contributed by atoms with Crippen molar-refractivity contribution in [2.24, 2.45) is 7.05 Å². The zero-order valence-corrected chi connectivity index (χ0v) is 13.6. The van der Waals surface area contributed by atoms with Gasteiger partial charge in [0.15, 0.2) is 5.82 Å². The molecule has 1 fully saturated rings. The molecule has 0 bridgehead atoms. The van der Waals surface area contributed by atoms with Crippen molar-refractivity contribution in [1.82, 2.24) is 18.9 Å². The van der Waals surface area contributed by atoms with Crippen molar-refractivity contribution in [2.45, 2.75) is 32.2 Å². The molecule has 2 aromatic rings. The van der Waals surface area contributed by atoms with Gasteiger partial charge in [0.05, 0.1) is 0 Å². The third kappa shape index (κ3) is 3.11. The lowest BCUT2D eigenvalue weighted by Gasteiger charge is -2.33. The van der Waals surface area contributed by atoms with Crippen LogP contribution in [0.1, 0.15) is 25.6 Å². The summed E-state index contributed by atoms with van der Waals surface area (Å²) in [4.78, 5) is 23.0. The Labute approximate surface area is 133 Å². The second-order valence-electron chi connectivity index (χ2n) is 5.47. The smallest absolute Gasteiger partial charge is 0.293 e. The summed E-state index contributed by atoms with van der Waals surface area (Å²) in [6.07, 6.45) is 6.28. The normalized spacial score (nSPS) is 18.5. The number of hydrogen-bond acceptors (Lipinski definition) is 7. The van der Waals surface area contributed by atoms with E-state index in [9.17, 15) is 4.79 Å². The van der Waals surface area contributed by atoms with Crippen LogP contribution in [0.5, 0.6) is 0 Å². The molecular formula is C14H20N6OS. The molecule has 3 rings (SSSR count). The Hall–Kier alpha value is -1.96. The number of aromatic nitrogens is 4. The Bertz CT molecular complexity index is 697. The summed E-state index contributed by atoms with van der Waals surface area (Å²) in [7, 11) is 1.75. The highest BCUT2D eigenvalue weighted by Crippen LogP contribution is 2.19. The SMILES string of the molecule is CCc1nsc(N[C@H]2CCCN(c3nccn(C)c3=O)C2)n1. The van der Waals surface area contributed by atoms with E-state index in [1.807, 2.05) is 6.92 Å². The van der Waals surface area contributed by atoms with E-state index in [2.05, 4.69) is 24.6 Å². The minimum atomic E-state index is -0.0488. The number of hydrogen-bond donors (Lipinski definition) is 1. The van der Waals surface area contributed by atoms with E-state index in [4.69, 9.17) is 0 Å². The van der Waals surface area contributed by atoms with Gasteiger partial charge in [-0.15, -0.1) is 0 Å². The van der Waals surface area contributed by atoms with Gasteiger partial charge in [-0.2, -0.15) is 4.37 Å². The lowest BCUT2D eigenvalue weighted by atomic mass is 10.1. The average Bonchev–Trinajstić information content (AvgIpc) is 2.98. The van der Waals surface area contributed by atoms with Crippen molar-refractivity contribution < 1.29 is 0 Å². The Kier molecular flexibility index (Phi) is 4.37. The third-order valence-corrected chi connectivity index (χ3v) is 4.52. The maximum absolute atomic E-state index is 12.2. The number of anilines is 2. The Morgan fingerprint density at radius 1 is 1.50 bits per heavy atom. The van der Waals surface area contributed by atoms with Gasteiger partial charge >= 0.3 is 0 Å². The zero-order valence-electron chi connectivity index (χ0n) is 12.8. The molecule has 1 atom stereocenters. The van der Waals surface area contributed by atoms with Gasteiger partial charge in [0.25, 0.3) is 5.56 Å². The van der Waals surface area contributed by atoms with Crippen LogP contribution in [0.3, 0.4) is 0 Å². The van der Waals surface area contributed by atoms with Crippen molar-refractivity contribution in [3.63, 3.8) is 0 Å². The van der Waals surface area contributed by atoms with Gasteiger partial charge in [0, 0.05) is 56.5 Å². The molecule has 22 heavy (non-hydrogen) atoms. The minimum Gasteiger partial charge on any atom is -0.356 e. The fourth-order valence-corrected chi connectivity index (χ4v) is 3.35. The van der Waals surface area contributed by atoms with Crippen molar-refractivity contribution in [3.05, 3.63) is 28.6 Å². The van der Waals surface area contributed by atoms with Crippen LogP contribution in [0.15, 0.2) is 17.2 Å². The highest BCUT2D eigenvalue weighted by molar-refractivity contribution is 7.09. The second-order valence-corrected chi connectivity index (χ2v) is 6.22. The van der Waals surface area contributed by atoms with Crippen molar-refractivity contribution in [2.75, 3.05) is 23.3 Å². The van der Waals surface area contributed by atoms with Gasteiger partial charge in [-0.05, 0) is 12.8 Å². The molecule has 1 aliphatic heterocycles. The first kappa shape index (κ1) is 15.0. The van der Waals surface area contributed by atoms with E-state index >= 15 is 0 Å². The predicted octanol–water partition coefficient (Wildman–Crippen LogP) is 1.28. The van der Waals surface area contributed by atoms with Crippen LogP contribution in [-0.2, 0) is 13.5 Å². The summed E-state index contributed by atoms with van der Waals surface area (Å²) in [6, 6.07) is 0.262. The lowest BCUT2D eigenvalue weighted by molar-refractivity contribution is 0.523. The molecule has 0 spiro atoms. The molecule has 0 radical (unpaired) electrons. The van der Waals surface area contributed by atoms with Crippen LogP contribution in [0.2, 0.25) is 0 Å². The first-order valence-electron chi connectivity index (χ1n) is 7.53. The molecule has 0 amide bonds. The molecule has 0 saturated carbocycles. The van der Waals surface area contributed by atoms with Crippen LogP contribution in [-0.4, -0.2) is 38.0 Å². The standard InChI is InChI=1S/C14H20N6OS/c1-3-11-17-14(22-18-11)16-10-5-4-7-20(9-10)12-13(21)19(2)8-6-15-12/h6,8,10H,3-5,7,9H2,1-2H3,(H,16,17,18)/t10-/m0/s1. The molecule has 1 N–H and O–H groups in total. The van der Waals surface area contributed by atoms with Crippen LogP contribution in [0.4, 0.5) is 10.9 Å². The highest BCUT2D eigenvalue weighted by Gasteiger charge is 2.23. The van der Waals surface area contributed by atoms with E-state index in [1.54, 1.807) is 24.0 Å². The number of piperidine rings is 1. The summed E-state index contributed by atoms with van der Waals surface area (Å²) in [6.45, 7) is 3.67. The van der Waals surface area contributed by atoms with Crippen molar-refractivity contribution in [1.29, 1.82) is 0 Å². The first-order chi connectivity index (χ1) is 10.7. The van der Waals surface area contributed by atoms with E-state index < -0.39 is 0 Å². The summed E-state index contributed by atoms with van der Waals surface area (Å²) >= 11 is 1.40. The monoisotopic (exact) mass is 320 g/mol. The van der Waals surface area contributed by atoms with E-state index in [0.29, 0.717) is 5.82 Å². The van der Waals surface area contributed by atoms with Crippen LogP contribution in [0, 0.1) is 0 Å². The van der Waals surface area contributed by atoms with Crippen LogP contribution < -0.4 is 15.8 Å². The maximum Gasteiger partial charge on any atom is 0.293 e. The zero-order chi connectivity index (χ0) is 15.5. The molecule has 1 aliphatic rings. The molecule has 0 unspecified atom stereocenters. The number of nitrogens with zero attached hydrogens (tertiary/aromatic N) is 5.